The maximum atomic E-state index is 12.6. The van der Waals surface area contributed by atoms with Crippen molar-refractivity contribution in [3.05, 3.63) is 58.8 Å². The zero-order chi connectivity index (χ0) is 19.2. The van der Waals surface area contributed by atoms with Crippen LogP contribution in [0.5, 0.6) is 11.5 Å². The molecular weight excluding hydrogens is 368 g/mol. The number of rotatable bonds is 6. The molecule has 8 nitrogen and oxygen atoms in total. The van der Waals surface area contributed by atoms with Crippen LogP contribution in [0.4, 0.5) is 11.4 Å². The number of carbonyl (C=O) groups excluding carboxylic acids is 2. The van der Waals surface area contributed by atoms with E-state index in [1.165, 1.54) is 44.1 Å². The van der Waals surface area contributed by atoms with Crippen molar-refractivity contribution in [2.45, 2.75) is 0 Å². The van der Waals surface area contributed by atoms with Crippen molar-refractivity contribution in [3.8, 4) is 11.5 Å². The summed E-state index contributed by atoms with van der Waals surface area (Å²) in [6.07, 6.45) is 4.25. The second-order valence-electron chi connectivity index (χ2n) is 5.23. The van der Waals surface area contributed by atoms with Crippen LogP contribution >= 0.6 is 11.3 Å². The summed E-state index contributed by atoms with van der Waals surface area (Å²) in [5, 5.41) is 7.18. The molecule has 0 radical (unpaired) electrons. The van der Waals surface area contributed by atoms with Crippen molar-refractivity contribution < 1.29 is 19.1 Å². The lowest BCUT2D eigenvalue weighted by Gasteiger charge is -2.11. The van der Waals surface area contributed by atoms with Crippen molar-refractivity contribution in [2.24, 2.45) is 0 Å². The first kappa shape index (κ1) is 18.3. The molecule has 0 bridgehead atoms. The first-order chi connectivity index (χ1) is 13.1. The Morgan fingerprint density at radius 2 is 1.81 bits per heavy atom. The summed E-state index contributed by atoms with van der Waals surface area (Å²) in [5.41, 5.74) is 1.10. The zero-order valence-electron chi connectivity index (χ0n) is 14.6. The quantitative estimate of drug-likeness (QED) is 0.677. The van der Waals surface area contributed by atoms with E-state index in [4.69, 9.17) is 9.47 Å². The Hall–Kier alpha value is -3.46. The van der Waals surface area contributed by atoms with Crippen LogP contribution in [0.2, 0.25) is 0 Å². The minimum absolute atomic E-state index is 0.162. The molecule has 0 aliphatic carbocycles. The molecular formula is C18H16N4O4S. The number of benzene rings is 1. The van der Waals surface area contributed by atoms with Gasteiger partial charge in [-0.3, -0.25) is 14.6 Å². The Morgan fingerprint density at radius 1 is 1.00 bits per heavy atom. The topological polar surface area (TPSA) is 102 Å². The second-order valence-corrected chi connectivity index (χ2v) is 6.15. The van der Waals surface area contributed by atoms with E-state index in [-0.39, 0.29) is 11.6 Å². The highest BCUT2D eigenvalue weighted by atomic mass is 32.1. The van der Waals surface area contributed by atoms with Gasteiger partial charge in [0.15, 0.2) is 11.5 Å². The van der Waals surface area contributed by atoms with Gasteiger partial charge in [0.2, 0.25) is 0 Å². The normalized spacial score (nSPS) is 10.1. The summed E-state index contributed by atoms with van der Waals surface area (Å²) in [6, 6.07) is 6.70. The Kier molecular flexibility index (Phi) is 5.62. The molecule has 138 valence electrons. The molecule has 2 aromatic heterocycles. The lowest BCUT2D eigenvalue weighted by Crippen LogP contribution is -2.17. The number of methoxy groups -OCH3 is 2. The number of nitrogens with one attached hydrogen (secondary N) is 2. The molecule has 0 fully saturated rings. The number of ether oxygens (including phenoxy) is 2. The van der Waals surface area contributed by atoms with Crippen LogP contribution in [0.15, 0.2) is 48.2 Å². The molecule has 27 heavy (non-hydrogen) atoms. The molecule has 0 aliphatic rings. The standard InChI is InChI=1S/C18H16N4O4S/c1-25-14-4-3-11(9-15(14)26-2)21-18(24)16-12(5-8-27-16)22-17(23)13-10-19-6-7-20-13/h3-10H,1-2H3,(H,21,24)(H,22,23). The summed E-state index contributed by atoms with van der Waals surface area (Å²) in [5.74, 6) is 0.259. The molecule has 0 spiro atoms. The number of anilines is 2. The average molecular weight is 384 g/mol. The number of amides is 2. The Labute approximate surface area is 159 Å². The predicted octanol–water partition coefficient (Wildman–Crippen LogP) is 3.06. The van der Waals surface area contributed by atoms with E-state index in [1.807, 2.05) is 0 Å². The molecule has 0 atom stereocenters. The van der Waals surface area contributed by atoms with Crippen LogP contribution in [0.25, 0.3) is 0 Å². The minimum atomic E-state index is -0.443. The van der Waals surface area contributed by atoms with E-state index in [2.05, 4.69) is 20.6 Å². The van der Waals surface area contributed by atoms with Crippen molar-refractivity contribution in [1.82, 2.24) is 9.97 Å². The SMILES string of the molecule is COc1ccc(NC(=O)c2sccc2NC(=O)c2cnccn2)cc1OC. The van der Waals surface area contributed by atoms with Gasteiger partial charge in [-0.2, -0.15) is 0 Å². The van der Waals surface area contributed by atoms with Gasteiger partial charge < -0.3 is 20.1 Å². The van der Waals surface area contributed by atoms with Crippen LogP contribution in [0.3, 0.4) is 0 Å². The smallest absolute Gasteiger partial charge is 0.275 e. The first-order valence-corrected chi connectivity index (χ1v) is 8.68. The largest absolute Gasteiger partial charge is 0.493 e. The van der Waals surface area contributed by atoms with Crippen LogP contribution in [0.1, 0.15) is 20.2 Å². The van der Waals surface area contributed by atoms with Crippen LogP contribution in [0, 0.1) is 0 Å². The molecule has 3 aromatic rings. The number of carbonyl (C=O) groups is 2. The van der Waals surface area contributed by atoms with Gasteiger partial charge in [0, 0.05) is 24.1 Å². The van der Waals surface area contributed by atoms with E-state index < -0.39 is 5.91 Å². The molecule has 2 heterocycles. The molecule has 2 N–H and O–H groups in total. The highest BCUT2D eigenvalue weighted by Gasteiger charge is 2.17. The number of aromatic nitrogens is 2. The number of hydrogen-bond donors (Lipinski definition) is 2. The minimum Gasteiger partial charge on any atom is -0.493 e. The van der Waals surface area contributed by atoms with E-state index in [0.717, 1.165) is 0 Å². The Balaban J connectivity index is 1.75. The molecule has 0 saturated heterocycles. The van der Waals surface area contributed by atoms with Crippen molar-refractivity contribution in [2.75, 3.05) is 24.9 Å². The van der Waals surface area contributed by atoms with Crippen molar-refractivity contribution in [3.63, 3.8) is 0 Å². The maximum Gasteiger partial charge on any atom is 0.275 e. The third-order valence-electron chi connectivity index (χ3n) is 3.56. The molecule has 0 unspecified atom stereocenters. The fourth-order valence-electron chi connectivity index (χ4n) is 2.29. The summed E-state index contributed by atoms with van der Waals surface area (Å²) < 4.78 is 10.4. The zero-order valence-corrected chi connectivity index (χ0v) is 15.4. The number of nitrogens with zero attached hydrogens (tertiary/aromatic N) is 2. The molecule has 1 aromatic carbocycles. The van der Waals surface area contributed by atoms with Crippen molar-refractivity contribution >= 4 is 34.5 Å². The molecule has 0 aliphatic heterocycles. The number of hydrogen-bond acceptors (Lipinski definition) is 7. The van der Waals surface area contributed by atoms with Crippen molar-refractivity contribution in [1.29, 1.82) is 0 Å². The van der Waals surface area contributed by atoms with Crippen LogP contribution in [-0.2, 0) is 0 Å². The van der Waals surface area contributed by atoms with Crippen LogP contribution in [-0.4, -0.2) is 36.0 Å². The molecule has 2 amide bonds. The van der Waals surface area contributed by atoms with Gasteiger partial charge in [-0.25, -0.2) is 4.98 Å². The van der Waals surface area contributed by atoms with E-state index in [9.17, 15) is 9.59 Å². The van der Waals surface area contributed by atoms with E-state index in [0.29, 0.717) is 27.8 Å². The third kappa shape index (κ3) is 4.21. The third-order valence-corrected chi connectivity index (χ3v) is 4.47. The van der Waals surface area contributed by atoms with Gasteiger partial charge >= 0.3 is 0 Å². The van der Waals surface area contributed by atoms with Gasteiger partial charge in [-0.15, -0.1) is 11.3 Å². The molecule has 3 rings (SSSR count). The fraction of sp³-hybridized carbons (Fsp3) is 0.111. The monoisotopic (exact) mass is 384 g/mol. The predicted molar refractivity (Wildman–Crippen MR) is 102 cm³/mol. The summed E-state index contributed by atoms with van der Waals surface area (Å²) >= 11 is 1.21. The van der Waals surface area contributed by atoms with Gasteiger partial charge in [-0.1, -0.05) is 0 Å². The van der Waals surface area contributed by atoms with Crippen LogP contribution < -0.4 is 20.1 Å². The summed E-state index contributed by atoms with van der Waals surface area (Å²) in [7, 11) is 3.05. The lowest BCUT2D eigenvalue weighted by molar-refractivity contribution is 0.102. The molecule has 0 saturated carbocycles. The van der Waals surface area contributed by atoms with E-state index >= 15 is 0 Å². The fourth-order valence-corrected chi connectivity index (χ4v) is 3.03. The van der Waals surface area contributed by atoms with E-state index in [1.54, 1.807) is 29.6 Å². The Morgan fingerprint density at radius 3 is 2.52 bits per heavy atom. The summed E-state index contributed by atoms with van der Waals surface area (Å²) in [4.78, 5) is 33.0. The van der Waals surface area contributed by atoms with Gasteiger partial charge in [0.1, 0.15) is 10.6 Å². The summed E-state index contributed by atoms with van der Waals surface area (Å²) in [6.45, 7) is 0. The highest BCUT2D eigenvalue weighted by Crippen LogP contribution is 2.31. The number of thiophene rings is 1. The maximum absolute atomic E-state index is 12.6. The van der Waals surface area contributed by atoms with Gasteiger partial charge in [0.25, 0.3) is 11.8 Å². The lowest BCUT2D eigenvalue weighted by atomic mass is 10.2. The first-order valence-electron chi connectivity index (χ1n) is 7.80. The average Bonchev–Trinajstić information content (AvgIpc) is 3.16. The van der Waals surface area contributed by atoms with Gasteiger partial charge in [-0.05, 0) is 23.6 Å². The highest BCUT2D eigenvalue weighted by molar-refractivity contribution is 7.12. The Bertz CT molecular complexity index is 959. The molecule has 9 heteroatoms. The second kappa shape index (κ2) is 8.28. The van der Waals surface area contributed by atoms with Gasteiger partial charge in [0.05, 0.1) is 26.1 Å².